The molecular formula is C13H22N4O3S. The molecule has 0 atom stereocenters. The van der Waals surface area contributed by atoms with Crippen molar-refractivity contribution in [2.45, 2.75) is 25.2 Å². The third kappa shape index (κ3) is 4.91. The molecule has 0 heterocycles. The number of anilines is 2. The predicted octanol–water partition coefficient (Wildman–Crippen LogP) is 0.587. The van der Waals surface area contributed by atoms with E-state index in [4.69, 9.17) is 10.9 Å². The molecule has 1 aromatic carbocycles. The smallest absolute Gasteiger partial charge is 0.238 e. The summed E-state index contributed by atoms with van der Waals surface area (Å²) in [6.07, 6.45) is 0.345. The number of amides is 1. The summed E-state index contributed by atoms with van der Waals surface area (Å²) in [6.45, 7) is 5.65. The summed E-state index contributed by atoms with van der Waals surface area (Å²) in [5, 5.41) is 8.04. The van der Waals surface area contributed by atoms with Gasteiger partial charge >= 0.3 is 0 Å². The second-order valence-corrected chi connectivity index (χ2v) is 6.10. The fourth-order valence-corrected chi connectivity index (χ4v) is 2.47. The zero-order valence-corrected chi connectivity index (χ0v) is 13.1. The maximum atomic E-state index is 11.8. The molecule has 21 heavy (non-hydrogen) atoms. The number of primary sulfonamides is 1. The van der Waals surface area contributed by atoms with Crippen LogP contribution in [0.4, 0.5) is 11.4 Å². The lowest BCUT2D eigenvalue weighted by Gasteiger charge is -2.19. The van der Waals surface area contributed by atoms with E-state index in [1.165, 1.54) is 18.2 Å². The van der Waals surface area contributed by atoms with Crippen LogP contribution < -0.4 is 16.2 Å². The van der Waals surface area contributed by atoms with Crippen molar-refractivity contribution in [2.75, 3.05) is 30.7 Å². The maximum Gasteiger partial charge on any atom is 0.238 e. The summed E-state index contributed by atoms with van der Waals surface area (Å²) in [7, 11) is -3.76. The molecule has 1 rings (SSSR count). The minimum atomic E-state index is -3.76. The van der Waals surface area contributed by atoms with Gasteiger partial charge in [0.25, 0.3) is 0 Å². The van der Waals surface area contributed by atoms with Gasteiger partial charge in [0, 0.05) is 26.1 Å². The fraction of sp³-hybridized carbons (Fsp3) is 0.462. The van der Waals surface area contributed by atoms with Crippen molar-refractivity contribution in [1.82, 2.24) is 4.90 Å². The molecule has 0 aliphatic carbocycles. The van der Waals surface area contributed by atoms with Crippen molar-refractivity contribution in [3.05, 3.63) is 18.2 Å². The minimum absolute atomic E-state index is 0.0373. The first kappa shape index (κ1) is 17.3. The summed E-state index contributed by atoms with van der Waals surface area (Å²) in [6, 6.07) is 4.21. The minimum Gasteiger partial charge on any atom is -0.397 e. The Morgan fingerprint density at radius 1 is 1.29 bits per heavy atom. The van der Waals surface area contributed by atoms with Gasteiger partial charge in [-0.25, -0.2) is 13.6 Å². The van der Waals surface area contributed by atoms with Gasteiger partial charge in [0.05, 0.1) is 16.3 Å². The van der Waals surface area contributed by atoms with Gasteiger partial charge < -0.3 is 16.0 Å². The number of hydrogen-bond donors (Lipinski definition) is 3. The molecule has 5 N–H and O–H groups in total. The third-order valence-corrected chi connectivity index (χ3v) is 4.03. The first-order valence-corrected chi connectivity index (χ1v) is 8.28. The molecule has 7 nitrogen and oxygen atoms in total. The van der Waals surface area contributed by atoms with Crippen molar-refractivity contribution in [2.24, 2.45) is 5.14 Å². The van der Waals surface area contributed by atoms with Crippen LogP contribution in [-0.4, -0.2) is 38.9 Å². The maximum absolute atomic E-state index is 11.8. The number of nitrogen functional groups attached to an aromatic ring is 1. The molecule has 0 spiro atoms. The van der Waals surface area contributed by atoms with Crippen LogP contribution in [0.25, 0.3) is 0 Å². The van der Waals surface area contributed by atoms with Gasteiger partial charge in [0.1, 0.15) is 0 Å². The third-order valence-electron chi connectivity index (χ3n) is 3.12. The van der Waals surface area contributed by atoms with Gasteiger partial charge in [-0.2, -0.15) is 0 Å². The van der Waals surface area contributed by atoms with Crippen molar-refractivity contribution in [1.29, 1.82) is 0 Å². The topological polar surface area (TPSA) is 119 Å². The normalized spacial score (nSPS) is 11.2. The van der Waals surface area contributed by atoms with Crippen LogP contribution in [0, 0.1) is 0 Å². The zero-order chi connectivity index (χ0) is 16.0. The van der Waals surface area contributed by atoms with E-state index in [-0.39, 0.29) is 16.5 Å². The van der Waals surface area contributed by atoms with Crippen LogP contribution in [0.3, 0.4) is 0 Å². The summed E-state index contributed by atoms with van der Waals surface area (Å²) < 4.78 is 22.4. The van der Waals surface area contributed by atoms with E-state index in [1.54, 1.807) is 4.90 Å². The SMILES string of the molecule is CCN(CC)C(=O)CCNc1ccc(S(N)(=O)=O)cc1N. The lowest BCUT2D eigenvalue weighted by Crippen LogP contribution is -2.31. The van der Waals surface area contributed by atoms with Crippen molar-refractivity contribution < 1.29 is 13.2 Å². The molecule has 0 saturated heterocycles. The molecule has 0 bridgehead atoms. The highest BCUT2D eigenvalue weighted by molar-refractivity contribution is 7.89. The monoisotopic (exact) mass is 314 g/mol. The molecule has 118 valence electrons. The predicted molar refractivity (Wildman–Crippen MR) is 83.3 cm³/mol. The highest BCUT2D eigenvalue weighted by atomic mass is 32.2. The lowest BCUT2D eigenvalue weighted by atomic mass is 10.2. The average Bonchev–Trinajstić information content (AvgIpc) is 2.40. The van der Waals surface area contributed by atoms with Crippen molar-refractivity contribution in [3.8, 4) is 0 Å². The summed E-state index contributed by atoms with van der Waals surface area (Å²) in [5.74, 6) is 0.0622. The van der Waals surface area contributed by atoms with E-state index in [0.717, 1.165) is 0 Å². The van der Waals surface area contributed by atoms with Gasteiger partial charge in [-0.3, -0.25) is 4.79 Å². The molecule has 8 heteroatoms. The second-order valence-electron chi connectivity index (χ2n) is 4.54. The van der Waals surface area contributed by atoms with Crippen LogP contribution >= 0.6 is 0 Å². The summed E-state index contributed by atoms with van der Waals surface area (Å²) in [5.41, 5.74) is 6.62. The highest BCUT2D eigenvalue weighted by Gasteiger charge is 2.11. The Kier molecular flexibility index (Phi) is 5.98. The Labute approximate surface area is 125 Å². The van der Waals surface area contributed by atoms with E-state index in [2.05, 4.69) is 5.32 Å². The lowest BCUT2D eigenvalue weighted by molar-refractivity contribution is -0.130. The number of hydrogen-bond acceptors (Lipinski definition) is 5. The van der Waals surface area contributed by atoms with E-state index in [0.29, 0.717) is 31.7 Å². The van der Waals surface area contributed by atoms with Crippen LogP contribution in [0.5, 0.6) is 0 Å². The van der Waals surface area contributed by atoms with Crippen molar-refractivity contribution in [3.63, 3.8) is 0 Å². The largest absolute Gasteiger partial charge is 0.397 e. The molecule has 0 saturated carbocycles. The van der Waals surface area contributed by atoms with E-state index in [1.807, 2.05) is 13.8 Å². The number of carbonyl (C=O) groups excluding carboxylic acids is 1. The van der Waals surface area contributed by atoms with Gasteiger partial charge in [0.2, 0.25) is 15.9 Å². The Morgan fingerprint density at radius 3 is 2.38 bits per heavy atom. The fourth-order valence-electron chi connectivity index (χ4n) is 1.92. The first-order valence-electron chi connectivity index (χ1n) is 6.73. The molecule has 0 unspecified atom stereocenters. The number of sulfonamides is 1. The Morgan fingerprint density at radius 2 is 1.90 bits per heavy atom. The van der Waals surface area contributed by atoms with Gasteiger partial charge in [-0.05, 0) is 32.0 Å². The molecule has 0 radical (unpaired) electrons. The molecular weight excluding hydrogens is 292 g/mol. The van der Waals surface area contributed by atoms with Gasteiger partial charge in [0.15, 0.2) is 0 Å². The Hall–Kier alpha value is -1.80. The zero-order valence-electron chi connectivity index (χ0n) is 12.3. The van der Waals surface area contributed by atoms with Gasteiger partial charge in [-0.1, -0.05) is 0 Å². The number of carbonyl (C=O) groups is 1. The van der Waals surface area contributed by atoms with Gasteiger partial charge in [-0.15, -0.1) is 0 Å². The van der Waals surface area contributed by atoms with Crippen LogP contribution in [0.1, 0.15) is 20.3 Å². The molecule has 0 aliphatic heterocycles. The number of nitrogens with zero attached hydrogens (tertiary/aromatic N) is 1. The first-order chi connectivity index (χ1) is 9.79. The Bertz CT molecular complexity index is 597. The number of nitrogens with two attached hydrogens (primary N) is 2. The molecule has 1 amide bonds. The summed E-state index contributed by atoms with van der Waals surface area (Å²) in [4.78, 5) is 13.5. The van der Waals surface area contributed by atoms with E-state index < -0.39 is 10.0 Å². The highest BCUT2D eigenvalue weighted by Crippen LogP contribution is 2.21. The summed E-state index contributed by atoms with van der Waals surface area (Å²) >= 11 is 0. The van der Waals surface area contributed by atoms with Crippen LogP contribution in [0.2, 0.25) is 0 Å². The van der Waals surface area contributed by atoms with Crippen LogP contribution in [0.15, 0.2) is 23.1 Å². The molecule has 1 aromatic rings. The van der Waals surface area contributed by atoms with Crippen molar-refractivity contribution >= 4 is 27.3 Å². The number of rotatable bonds is 7. The molecule has 0 fully saturated rings. The van der Waals surface area contributed by atoms with E-state index >= 15 is 0 Å². The van der Waals surface area contributed by atoms with Crippen LogP contribution in [-0.2, 0) is 14.8 Å². The average molecular weight is 314 g/mol. The number of benzene rings is 1. The second kappa shape index (κ2) is 7.28. The molecule has 0 aliphatic rings. The standard InChI is InChI=1S/C13H22N4O3S/c1-3-17(4-2)13(18)7-8-16-12-6-5-10(9-11(12)14)21(15,19)20/h5-6,9,16H,3-4,7-8,14H2,1-2H3,(H2,15,19,20). The Balaban J connectivity index is 2.63. The quantitative estimate of drug-likeness (QED) is 0.636. The van der Waals surface area contributed by atoms with E-state index in [9.17, 15) is 13.2 Å². The number of nitrogens with one attached hydrogen (secondary N) is 1. The molecule has 0 aromatic heterocycles.